The second-order valence-corrected chi connectivity index (χ2v) is 10.8. The van der Waals surface area contributed by atoms with Gasteiger partial charge in [-0.15, -0.1) is 0 Å². The number of carbonyl (C=O) groups is 2. The maximum absolute atomic E-state index is 12.6. The summed E-state index contributed by atoms with van der Waals surface area (Å²) in [6.45, 7) is 15.1. The SMILES string of the molecule is CCCCNC(=O)C(C)C[C@H](O)[C@H](C[C@@H](COCc1ccccc1)C(C)C)NC(=O)OC(C)(C)C. The molecule has 0 bridgehead atoms. The smallest absolute Gasteiger partial charge is 0.407 e. The third-order valence-electron chi connectivity index (χ3n) is 5.98. The van der Waals surface area contributed by atoms with E-state index in [1.807, 2.05) is 30.3 Å². The molecular formula is C28H48N2O5. The van der Waals surface area contributed by atoms with Crippen LogP contribution in [0.15, 0.2) is 30.3 Å². The summed E-state index contributed by atoms with van der Waals surface area (Å²) >= 11 is 0. The Morgan fingerprint density at radius 3 is 2.29 bits per heavy atom. The molecule has 0 saturated heterocycles. The monoisotopic (exact) mass is 492 g/mol. The van der Waals surface area contributed by atoms with Crippen molar-refractivity contribution in [1.82, 2.24) is 10.6 Å². The number of hydrogen-bond acceptors (Lipinski definition) is 5. The Hall–Kier alpha value is -2.12. The van der Waals surface area contributed by atoms with Gasteiger partial charge in [-0.1, -0.05) is 64.4 Å². The third kappa shape index (κ3) is 13.5. The number of rotatable bonds is 15. The molecule has 1 rings (SSSR count). The Balaban J connectivity index is 2.84. The molecule has 0 aliphatic carbocycles. The summed E-state index contributed by atoms with van der Waals surface area (Å²) in [5.74, 6) is -0.0885. The van der Waals surface area contributed by atoms with Crippen molar-refractivity contribution in [2.45, 2.75) is 98.5 Å². The predicted molar refractivity (Wildman–Crippen MR) is 140 cm³/mol. The first-order valence-corrected chi connectivity index (χ1v) is 13.0. The number of aliphatic hydroxyl groups is 1. The first-order chi connectivity index (χ1) is 16.4. The zero-order valence-corrected chi connectivity index (χ0v) is 22.8. The van der Waals surface area contributed by atoms with E-state index in [1.54, 1.807) is 27.7 Å². The molecule has 0 heterocycles. The topological polar surface area (TPSA) is 96.9 Å². The van der Waals surface area contributed by atoms with E-state index in [0.29, 0.717) is 26.2 Å². The Morgan fingerprint density at radius 1 is 1.06 bits per heavy atom. The zero-order valence-electron chi connectivity index (χ0n) is 22.8. The van der Waals surface area contributed by atoms with Crippen LogP contribution in [0.5, 0.6) is 0 Å². The second-order valence-electron chi connectivity index (χ2n) is 10.8. The number of hydrogen-bond donors (Lipinski definition) is 3. The summed E-state index contributed by atoms with van der Waals surface area (Å²) in [4.78, 5) is 25.0. The summed E-state index contributed by atoms with van der Waals surface area (Å²) in [7, 11) is 0. The molecule has 0 saturated carbocycles. The van der Waals surface area contributed by atoms with Gasteiger partial charge in [-0.25, -0.2) is 4.79 Å². The van der Waals surface area contributed by atoms with Crippen LogP contribution in [0.4, 0.5) is 4.79 Å². The molecule has 35 heavy (non-hydrogen) atoms. The van der Waals surface area contributed by atoms with Crippen LogP contribution in [0.2, 0.25) is 0 Å². The number of aliphatic hydroxyl groups excluding tert-OH is 1. The lowest BCUT2D eigenvalue weighted by molar-refractivity contribution is -0.125. The van der Waals surface area contributed by atoms with Crippen molar-refractivity contribution >= 4 is 12.0 Å². The van der Waals surface area contributed by atoms with Gasteiger partial charge in [0, 0.05) is 12.5 Å². The van der Waals surface area contributed by atoms with Gasteiger partial charge in [-0.2, -0.15) is 0 Å². The number of nitrogens with one attached hydrogen (secondary N) is 2. The van der Waals surface area contributed by atoms with Gasteiger partial charge in [0.1, 0.15) is 5.60 Å². The largest absolute Gasteiger partial charge is 0.444 e. The number of unbranched alkanes of at least 4 members (excludes halogenated alkanes) is 1. The van der Waals surface area contributed by atoms with Gasteiger partial charge in [0.05, 0.1) is 25.4 Å². The molecule has 1 unspecified atom stereocenters. The van der Waals surface area contributed by atoms with Crippen LogP contribution in [0, 0.1) is 17.8 Å². The average molecular weight is 493 g/mol. The molecule has 0 fully saturated rings. The molecule has 1 aromatic rings. The molecule has 0 radical (unpaired) electrons. The summed E-state index contributed by atoms with van der Waals surface area (Å²) < 4.78 is 11.4. The fourth-order valence-corrected chi connectivity index (χ4v) is 3.73. The normalized spacial score (nSPS) is 15.2. The first kappa shape index (κ1) is 30.9. The van der Waals surface area contributed by atoms with Gasteiger partial charge in [-0.05, 0) is 57.4 Å². The van der Waals surface area contributed by atoms with Gasteiger partial charge in [0.15, 0.2) is 0 Å². The van der Waals surface area contributed by atoms with Crippen molar-refractivity contribution < 1.29 is 24.2 Å². The highest BCUT2D eigenvalue weighted by Gasteiger charge is 2.30. The highest BCUT2D eigenvalue weighted by atomic mass is 16.6. The molecule has 0 aliphatic rings. The molecule has 0 spiro atoms. The molecule has 7 heteroatoms. The van der Waals surface area contributed by atoms with Crippen LogP contribution in [0.1, 0.15) is 79.7 Å². The minimum absolute atomic E-state index is 0.0832. The molecule has 200 valence electrons. The molecule has 4 atom stereocenters. The average Bonchev–Trinajstić information content (AvgIpc) is 2.77. The van der Waals surface area contributed by atoms with Crippen LogP contribution in [0.25, 0.3) is 0 Å². The summed E-state index contributed by atoms with van der Waals surface area (Å²) in [5.41, 5.74) is 0.448. The lowest BCUT2D eigenvalue weighted by Crippen LogP contribution is -2.48. The van der Waals surface area contributed by atoms with E-state index < -0.39 is 23.8 Å². The van der Waals surface area contributed by atoms with Crippen LogP contribution in [-0.2, 0) is 20.9 Å². The number of benzene rings is 1. The molecule has 0 aliphatic heterocycles. The fourth-order valence-electron chi connectivity index (χ4n) is 3.73. The highest BCUT2D eigenvalue weighted by Crippen LogP contribution is 2.23. The third-order valence-corrected chi connectivity index (χ3v) is 5.98. The van der Waals surface area contributed by atoms with Crippen molar-refractivity contribution in [3.05, 3.63) is 35.9 Å². The highest BCUT2D eigenvalue weighted by molar-refractivity contribution is 5.78. The lowest BCUT2D eigenvalue weighted by atomic mass is 9.86. The Bertz CT molecular complexity index is 733. The number of alkyl carbamates (subject to hydrolysis) is 1. The molecule has 2 amide bonds. The molecule has 0 aromatic heterocycles. The van der Waals surface area contributed by atoms with Crippen molar-refractivity contribution in [2.75, 3.05) is 13.2 Å². The predicted octanol–water partition coefficient (Wildman–Crippen LogP) is 5.06. The number of ether oxygens (including phenoxy) is 2. The first-order valence-electron chi connectivity index (χ1n) is 13.0. The maximum atomic E-state index is 12.6. The Kier molecular flexibility index (Phi) is 13.9. The minimum atomic E-state index is -0.898. The van der Waals surface area contributed by atoms with E-state index >= 15 is 0 Å². The Morgan fingerprint density at radius 2 is 1.71 bits per heavy atom. The number of amides is 2. The van der Waals surface area contributed by atoms with Crippen molar-refractivity contribution in [3.8, 4) is 0 Å². The van der Waals surface area contributed by atoms with E-state index in [-0.39, 0.29) is 30.1 Å². The van der Waals surface area contributed by atoms with Gasteiger partial charge >= 0.3 is 6.09 Å². The van der Waals surface area contributed by atoms with E-state index in [4.69, 9.17) is 9.47 Å². The van der Waals surface area contributed by atoms with Crippen LogP contribution < -0.4 is 10.6 Å². The summed E-state index contributed by atoms with van der Waals surface area (Å²) in [6, 6.07) is 9.41. The van der Waals surface area contributed by atoms with E-state index in [1.165, 1.54) is 0 Å². The molecule has 3 N–H and O–H groups in total. The zero-order chi connectivity index (χ0) is 26.4. The second kappa shape index (κ2) is 15.8. The molecule has 1 aromatic carbocycles. The summed E-state index contributed by atoms with van der Waals surface area (Å²) in [5, 5.41) is 16.9. The molecule has 7 nitrogen and oxygen atoms in total. The van der Waals surface area contributed by atoms with E-state index in [9.17, 15) is 14.7 Å². The quantitative estimate of drug-likeness (QED) is 0.297. The van der Waals surface area contributed by atoms with Crippen molar-refractivity contribution in [3.63, 3.8) is 0 Å². The van der Waals surface area contributed by atoms with E-state index in [0.717, 1.165) is 18.4 Å². The Labute approximate surface area is 212 Å². The summed E-state index contributed by atoms with van der Waals surface area (Å²) in [6.07, 6.45) is 1.20. The van der Waals surface area contributed by atoms with Crippen LogP contribution in [-0.4, -0.2) is 48.0 Å². The van der Waals surface area contributed by atoms with Crippen molar-refractivity contribution in [2.24, 2.45) is 17.8 Å². The van der Waals surface area contributed by atoms with Crippen LogP contribution in [0.3, 0.4) is 0 Å². The number of carbonyl (C=O) groups excluding carboxylic acids is 2. The fraction of sp³-hybridized carbons (Fsp3) is 0.714. The van der Waals surface area contributed by atoms with Crippen LogP contribution >= 0.6 is 0 Å². The van der Waals surface area contributed by atoms with Crippen molar-refractivity contribution in [1.29, 1.82) is 0 Å². The van der Waals surface area contributed by atoms with E-state index in [2.05, 4.69) is 31.4 Å². The van der Waals surface area contributed by atoms with Gasteiger partial charge in [0.2, 0.25) is 5.91 Å². The van der Waals surface area contributed by atoms with Gasteiger partial charge < -0.3 is 25.2 Å². The minimum Gasteiger partial charge on any atom is -0.444 e. The lowest BCUT2D eigenvalue weighted by Gasteiger charge is -2.32. The maximum Gasteiger partial charge on any atom is 0.407 e. The molecular weight excluding hydrogens is 444 g/mol. The standard InChI is InChI=1S/C28H48N2O5/c1-8-9-15-29-26(32)21(4)16-25(31)24(30-27(33)35-28(5,6)7)17-23(20(2)3)19-34-18-22-13-11-10-12-14-22/h10-14,20-21,23-25,31H,8-9,15-19H2,1-7H3,(H,29,32)(H,30,33)/t21?,23-,24-,25-/m0/s1. The van der Waals surface area contributed by atoms with Gasteiger partial charge in [0.25, 0.3) is 0 Å². The van der Waals surface area contributed by atoms with Gasteiger partial charge in [-0.3, -0.25) is 4.79 Å².